The lowest BCUT2D eigenvalue weighted by Crippen LogP contribution is -2.28. The van der Waals surface area contributed by atoms with Gasteiger partial charge in [0.25, 0.3) is 0 Å². The summed E-state index contributed by atoms with van der Waals surface area (Å²) in [6.45, 7) is 3.62. The lowest BCUT2D eigenvalue weighted by atomic mass is 10.2. The zero-order valence-corrected chi connectivity index (χ0v) is 8.59. The molecular formula is C8H16N2O2S. The number of ether oxygens (including phenoxy) is 1. The third-order valence-corrected chi connectivity index (χ3v) is 3.60. The van der Waals surface area contributed by atoms with Gasteiger partial charge in [-0.1, -0.05) is 5.16 Å². The Labute approximate surface area is 82.5 Å². The van der Waals surface area contributed by atoms with E-state index in [-0.39, 0.29) is 5.25 Å². The Morgan fingerprint density at radius 2 is 2.23 bits per heavy atom. The molecule has 0 aromatic heterocycles. The van der Waals surface area contributed by atoms with Gasteiger partial charge in [-0.2, -0.15) is 0 Å². The number of amidine groups is 1. The second-order valence-electron chi connectivity index (χ2n) is 3.11. The molecule has 3 N–H and O–H groups in total. The number of oxime groups is 1. The van der Waals surface area contributed by atoms with E-state index >= 15 is 0 Å². The summed E-state index contributed by atoms with van der Waals surface area (Å²) in [5.41, 5.74) is 5.48. The molecular weight excluding hydrogens is 188 g/mol. The van der Waals surface area contributed by atoms with Crippen LogP contribution in [0, 0.1) is 0 Å². The van der Waals surface area contributed by atoms with Crippen molar-refractivity contribution in [1.29, 1.82) is 0 Å². The minimum Gasteiger partial charge on any atom is -0.409 e. The zero-order valence-electron chi connectivity index (χ0n) is 7.77. The molecule has 0 bridgehead atoms. The fourth-order valence-corrected chi connectivity index (χ4v) is 2.48. The predicted molar refractivity (Wildman–Crippen MR) is 54.3 cm³/mol. The molecule has 76 valence electrons. The van der Waals surface area contributed by atoms with Crippen molar-refractivity contribution >= 4 is 17.6 Å². The van der Waals surface area contributed by atoms with Gasteiger partial charge in [0.05, 0.1) is 5.25 Å². The molecule has 1 aliphatic heterocycles. The molecule has 0 aromatic carbocycles. The molecule has 0 spiro atoms. The standard InChI is InChI=1S/C8H16N2O2S/c1-6(8(9)10-11)13-7-2-4-12-5-3-7/h6-7,11H,2-5H2,1H3,(H2,9,10). The average molecular weight is 204 g/mol. The first-order chi connectivity index (χ1) is 6.24. The van der Waals surface area contributed by atoms with Gasteiger partial charge in [0, 0.05) is 18.5 Å². The maximum atomic E-state index is 8.46. The van der Waals surface area contributed by atoms with Gasteiger partial charge in [-0.15, -0.1) is 11.8 Å². The van der Waals surface area contributed by atoms with E-state index in [1.54, 1.807) is 11.8 Å². The summed E-state index contributed by atoms with van der Waals surface area (Å²) in [4.78, 5) is 0. The van der Waals surface area contributed by atoms with Gasteiger partial charge in [0.15, 0.2) is 5.84 Å². The normalized spacial score (nSPS) is 23.0. The molecule has 0 radical (unpaired) electrons. The van der Waals surface area contributed by atoms with Gasteiger partial charge in [-0.25, -0.2) is 0 Å². The molecule has 0 aromatic rings. The fraction of sp³-hybridized carbons (Fsp3) is 0.875. The van der Waals surface area contributed by atoms with Crippen LogP contribution < -0.4 is 5.73 Å². The van der Waals surface area contributed by atoms with Crippen LogP contribution in [0.4, 0.5) is 0 Å². The second-order valence-corrected chi connectivity index (χ2v) is 4.76. The average Bonchev–Trinajstić information content (AvgIpc) is 2.18. The van der Waals surface area contributed by atoms with Crippen LogP contribution in [0.1, 0.15) is 19.8 Å². The van der Waals surface area contributed by atoms with Crippen LogP contribution in [0.5, 0.6) is 0 Å². The monoisotopic (exact) mass is 204 g/mol. The summed E-state index contributed by atoms with van der Waals surface area (Å²) in [6.07, 6.45) is 2.13. The van der Waals surface area contributed by atoms with Gasteiger partial charge < -0.3 is 15.7 Å². The lowest BCUT2D eigenvalue weighted by Gasteiger charge is -2.23. The third kappa shape index (κ3) is 3.44. The first-order valence-corrected chi connectivity index (χ1v) is 5.39. The van der Waals surface area contributed by atoms with Crippen molar-refractivity contribution in [3.8, 4) is 0 Å². The molecule has 0 saturated carbocycles. The molecule has 0 aliphatic carbocycles. The Morgan fingerprint density at radius 3 is 2.77 bits per heavy atom. The van der Waals surface area contributed by atoms with Gasteiger partial charge in [0.2, 0.25) is 0 Å². The van der Waals surface area contributed by atoms with Crippen molar-refractivity contribution in [3.05, 3.63) is 0 Å². The summed E-state index contributed by atoms with van der Waals surface area (Å²) >= 11 is 1.76. The van der Waals surface area contributed by atoms with Gasteiger partial charge in [0.1, 0.15) is 0 Å². The zero-order chi connectivity index (χ0) is 9.68. The Balaban J connectivity index is 2.30. The maximum absolute atomic E-state index is 8.46. The van der Waals surface area contributed by atoms with E-state index in [4.69, 9.17) is 15.7 Å². The number of rotatable bonds is 3. The van der Waals surface area contributed by atoms with E-state index in [1.807, 2.05) is 6.92 Å². The van der Waals surface area contributed by atoms with Crippen molar-refractivity contribution in [2.24, 2.45) is 10.9 Å². The summed E-state index contributed by atoms with van der Waals surface area (Å²) in [7, 11) is 0. The third-order valence-electron chi connectivity index (χ3n) is 2.10. The molecule has 1 heterocycles. The molecule has 1 rings (SSSR count). The highest BCUT2D eigenvalue weighted by Crippen LogP contribution is 2.25. The Morgan fingerprint density at radius 1 is 1.62 bits per heavy atom. The lowest BCUT2D eigenvalue weighted by molar-refractivity contribution is 0.1000. The number of thioether (sulfide) groups is 1. The smallest absolute Gasteiger partial charge is 0.152 e. The number of nitrogens with zero attached hydrogens (tertiary/aromatic N) is 1. The number of hydrogen-bond acceptors (Lipinski definition) is 4. The molecule has 4 nitrogen and oxygen atoms in total. The summed E-state index contributed by atoms with van der Waals surface area (Å²) in [6, 6.07) is 0. The first kappa shape index (κ1) is 10.7. The van der Waals surface area contributed by atoms with E-state index < -0.39 is 0 Å². The topological polar surface area (TPSA) is 67.8 Å². The van der Waals surface area contributed by atoms with Crippen LogP contribution in [0.25, 0.3) is 0 Å². The molecule has 1 saturated heterocycles. The largest absolute Gasteiger partial charge is 0.409 e. The molecule has 1 unspecified atom stereocenters. The minimum atomic E-state index is 0.0908. The van der Waals surface area contributed by atoms with Crippen LogP contribution in [-0.2, 0) is 4.74 Å². The van der Waals surface area contributed by atoms with Crippen molar-refractivity contribution in [3.63, 3.8) is 0 Å². The van der Waals surface area contributed by atoms with Crippen LogP contribution in [0.3, 0.4) is 0 Å². The second kappa shape index (κ2) is 5.34. The first-order valence-electron chi connectivity index (χ1n) is 4.44. The summed E-state index contributed by atoms with van der Waals surface area (Å²) < 4.78 is 5.24. The van der Waals surface area contributed by atoms with Crippen LogP contribution in [0.2, 0.25) is 0 Å². The summed E-state index contributed by atoms with van der Waals surface area (Å²) in [5.74, 6) is 0.302. The summed E-state index contributed by atoms with van der Waals surface area (Å²) in [5, 5.41) is 12.1. The Bertz CT molecular complexity index is 181. The Kier molecular flexibility index (Phi) is 4.38. The fourth-order valence-electron chi connectivity index (χ4n) is 1.25. The van der Waals surface area contributed by atoms with Crippen LogP contribution in [0.15, 0.2) is 5.16 Å². The van der Waals surface area contributed by atoms with E-state index in [9.17, 15) is 0 Å². The minimum absolute atomic E-state index is 0.0908. The van der Waals surface area contributed by atoms with E-state index in [0.717, 1.165) is 26.1 Å². The molecule has 0 amide bonds. The predicted octanol–water partition coefficient (Wildman–Crippen LogP) is 1.03. The van der Waals surface area contributed by atoms with E-state index in [1.165, 1.54) is 0 Å². The number of nitrogens with two attached hydrogens (primary N) is 1. The highest BCUT2D eigenvalue weighted by Gasteiger charge is 2.19. The van der Waals surface area contributed by atoms with Crippen LogP contribution >= 0.6 is 11.8 Å². The highest BCUT2D eigenvalue weighted by atomic mass is 32.2. The molecule has 5 heteroatoms. The maximum Gasteiger partial charge on any atom is 0.152 e. The van der Waals surface area contributed by atoms with Gasteiger partial charge >= 0.3 is 0 Å². The van der Waals surface area contributed by atoms with Crippen LogP contribution in [-0.4, -0.2) is 34.8 Å². The molecule has 13 heavy (non-hydrogen) atoms. The SMILES string of the molecule is CC(SC1CCOCC1)/C(N)=N/O. The van der Waals surface area contributed by atoms with Crippen molar-refractivity contribution < 1.29 is 9.94 Å². The van der Waals surface area contributed by atoms with E-state index in [2.05, 4.69) is 5.16 Å². The van der Waals surface area contributed by atoms with Crippen molar-refractivity contribution in [2.75, 3.05) is 13.2 Å². The van der Waals surface area contributed by atoms with Crippen molar-refractivity contribution in [2.45, 2.75) is 30.3 Å². The highest BCUT2D eigenvalue weighted by molar-refractivity contribution is 8.01. The molecule has 1 atom stereocenters. The Hall–Kier alpha value is -0.420. The van der Waals surface area contributed by atoms with Crippen molar-refractivity contribution in [1.82, 2.24) is 0 Å². The molecule has 1 fully saturated rings. The van der Waals surface area contributed by atoms with Gasteiger partial charge in [-0.3, -0.25) is 0 Å². The molecule has 1 aliphatic rings. The quantitative estimate of drug-likeness (QED) is 0.312. The number of hydrogen-bond donors (Lipinski definition) is 2. The van der Waals surface area contributed by atoms with Gasteiger partial charge in [-0.05, 0) is 19.8 Å². The van der Waals surface area contributed by atoms with E-state index in [0.29, 0.717) is 11.1 Å².